The first-order chi connectivity index (χ1) is 24.0. The Balaban J connectivity index is 1.53. The minimum atomic E-state index is -1.38. The van der Waals surface area contributed by atoms with Crippen LogP contribution in [-0.2, 0) is 28.7 Å². The number of allylic oxidation sites excluding steroid dienone is 1. The molecule has 9 atom stereocenters. The van der Waals surface area contributed by atoms with E-state index in [0.717, 1.165) is 0 Å². The van der Waals surface area contributed by atoms with Gasteiger partial charge in [-0.15, -0.1) is 13.2 Å². The average Bonchev–Trinajstić information content (AvgIpc) is 3.72. The molecule has 268 valence electrons. The van der Waals surface area contributed by atoms with Gasteiger partial charge in [0.25, 0.3) is 5.91 Å². The van der Waals surface area contributed by atoms with E-state index < -0.39 is 59.5 Å². The summed E-state index contributed by atoms with van der Waals surface area (Å²) in [6.07, 6.45) is 3.32. The second-order valence-electron chi connectivity index (χ2n) is 13.2. The topological polar surface area (TPSA) is 125 Å². The number of nitrogens with one attached hydrogen (secondary N) is 1. The summed E-state index contributed by atoms with van der Waals surface area (Å²) in [6.45, 7) is 11.2. The first-order valence-electron chi connectivity index (χ1n) is 17.1. The summed E-state index contributed by atoms with van der Waals surface area (Å²) in [7, 11) is 0. The predicted molar refractivity (Wildman–Crippen MR) is 195 cm³/mol. The Kier molecular flexibility index (Phi) is 12.2. The van der Waals surface area contributed by atoms with Crippen molar-refractivity contribution in [3.05, 3.63) is 90.5 Å². The first kappa shape index (κ1) is 37.7. The quantitative estimate of drug-likeness (QED) is 0.134. The van der Waals surface area contributed by atoms with Gasteiger partial charge in [-0.25, -0.2) is 0 Å². The monoisotopic (exact) mass is 769 g/mol. The largest absolute Gasteiger partial charge is 0.455 e. The van der Waals surface area contributed by atoms with Gasteiger partial charge in [0.05, 0.1) is 37.1 Å². The molecule has 2 aromatic carbocycles. The maximum atomic E-state index is 14.9. The van der Waals surface area contributed by atoms with Crippen molar-refractivity contribution in [1.29, 1.82) is 0 Å². The summed E-state index contributed by atoms with van der Waals surface area (Å²) in [4.78, 5) is 59.2. The normalized spacial score (nSPS) is 26.9. The Bertz CT molecular complexity index is 1580. The highest BCUT2D eigenvalue weighted by molar-refractivity contribution is 9.09. The number of amides is 3. The lowest BCUT2D eigenvalue weighted by molar-refractivity contribution is -0.161. The summed E-state index contributed by atoms with van der Waals surface area (Å²) >= 11 is 9.89. The number of rotatable bonds is 16. The Morgan fingerprint density at radius 1 is 1.18 bits per heavy atom. The standard InChI is InChI=1S/C38H45BrClN3O7/c1-5-8-14-30(45)41-21-29(24-12-10-9-11-13-24)49-37(48)31-32-35(46)43(28(22-44)23(4)7-3)34(38(32)20-27(39)33(31)50-38)36(47)42(19-6-2)26-17-15-25(40)16-18-26/h5-6,9-13,15-18,23,27-29,31-34,44H,1-2,7-8,14,19-22H2,3-4H3,(H,41,45)/t23-,27?,28-,29+,31+,32-,33+,34+,38-/m0/s1. The highest BCUT2D eigenvalue weighted by Gasteiger charge is 2.77. The van der Waals surface area contributed by atoms with E-state index in [1.54, 1.807) is 48.6 Å². The van der Waals surface area contributed by atoms with Crippen LogP contribution in [0.1, 0.15) is 51.2 Å². The Morgan fingerprint density at radius 2 is 1.88 bits per heavy atom. The molecule has 10 nitrogen and oxygen atoms in total. The van der Waals surface area contributed by atoms with Crippen molar-refractivity contribution in [2.24, 2.45) is 17.8 Å². The average molecular weight is 771 g/mol. The zero-order valence-corrected chi connectivity index (χ0v) is 30.7. The molecule has 3 aliphatic rings. The molecular weight excluding hydrogens is 726 g/mol. The van der Waals surface area contributed by atoms with Gasteiger partial charge in [0, 0.05) is 28.5 Å². The smallest absolute Gasteiger partial charge is 0.313 e. The van der Waals surface area contributed by atoms with Crippen LogP contribution in [0.25, 0.3) is 0 Å². The number of hydrogen-bond acceptors (Lipinski definition) is 7. The molecule has 0 aromatic heterocycles. The van der Waals surface area contributed by atoms with Gasteiger partial charge in [0.1, 0.15) is 17.7 Å². The van der Waals surface area contributed by atoms with E-state index in [1.165, 1.54) is 9.80 Å². The van der Waals surface area contributed by atoms with Crippen LogP contribution in [0.4, 0.5) is 5.69 Å². The molecule has 12 heteroatoms. The van der Waals surface area contributed by atoms with Crippen LogP contribution in [0, 0.1) is 17.8 Å². The van der Waals surface area contributed by atoms with Crippen LogP contribution in [0.15, 0.2) is 79.9 Å². The van der Waals surface area contributed by atoms with Gasteiger partial charge in [0.2, 0.25) is 11.8 Å². The van der Waals surface area contributed by atoms with E-state index in [2.05, 4.69) is 34.4 Å². The molecule has 0 aliphatic carbocycles. The lowest BCUT2D eigenvalue weighted by atomic mass is 9.70. The Labute approximate surface area is 306 Å². The molecule has 1 unspecified atom stereocenters. The fourth-order valence-corrected chi connectivity index (χ4v) is 8.72. The van der Waals surface area contributed by atoms with Crippen LogP contribution in [0.3, 0.4) is 0 Å². The van der Waals surface area contributed by atoms with Crippen molar-refractivity contribution in [2.45, 2.75) is 74.3 Å². The SMILES string of the molecule is C=CCCC(=O)NC[C@@H](OC(=O)[C@H]1[C@@H]2O[C@@]3(CC2Br)[C@@H]1C(=O)N([C@@H](CO)[C@@H](C)CC)[C@@H]3C(=O)N(CC=C)c1ccc(Cl)cc1)c1ccccc1. The number of alkyl halides is 1. The van der Waals surface area contributed by atoms with Crippen molar-refractivity contribution in [3.8, 4) is 0 Å². The van der Waals surface area contributed by atoms with Crippen LogP contribution in [0.5, 0.6) is 0 Å². The third-order valence-electron chi connectivity index (χ3n) is 10.3. The van der Waals surface area contributed by atoms with E-state index in [1.807, 2.05) is 32.0 Å². The summed E-state index contributed by atoms with van der Waals surface area (Å²) < 4.78 is 12.9. The van der Waals surface area contributed by atoms with E-state index in [-0.39, 0.29) is 49.2 Å². The molecular formula is C38H45BrClN3O7. The highest BCUT2D eigenvalue weighted by atomic mass is 79.9. The second-order valence-corrected chi connectivity index (χ2v) is 14.8. The third kappa shape index (κ3) is 7.15. The van der Waals surface area contributed by atoms with Gasteiger partial charge < -0.3 is 29.7 Å². The number of hydrogen-bond donors (Lipinski definition) is 2. The molecule has 3 saturated heterocycles. The van der Waals surface area contributed by atoms with Gasteiger partial charge in [-0.05, 0) is 48.6 Å². The van der Waals surface area contributed by atoms with Crippen LogP contribution in [0.2, 0.25) is 5.02 Å². The van der Waals surface area contributed by atoms with E-state index in [4.69, 9.17) is 21.1 Å². The molecule has 3 aliphatic heterocycles. The third-order valence-corrected chi connectivity index (χ3v) is 11.4. The Hall–Kier alpha value is -3.51. The number of benzene rings is 2. The number of anilines is 1. The second kappa shape index (κ2) is 16.2. The summed E-state index contributed by atoms with van der Waals surface area (Å²) in [6, 6.07) is 14.0. The van der Waals surface area contributed by atoms with Crippen molar-refractivity contribution >= 4 is 56.9 Å². The van der Waals surface area contributed by atoms with Gasteiger partial charge in [-0.1, -0.05) is 90.3 Å². The molecule has 3 fully saturated rings. The number of esters is 1. The molecule has 2 N–H and O–H groups in total. The number of fused-ring (bicyclic) bond motifs is 1. The number of aliphatic hydroxyl groups is 1. The first-order valence-corrected chi connectivity index (χ1v) is 18.4. The molecule has 1 spiro atoms. The molecule has 2 aromatic rings. The van der Waals surface area contributed by atoms with Crippen LogP contribution >= 0.6 is 27.5 Å². The van der Waals surface area contributed by atoms with E-state index >= 15 is 0 Å². The number of nitrogens with zero attached hydrogens (tertiary/aromatic N) is 2. The van der Waals surface area contributed by atoms with Gasteiger partial charge in [-0.2, -0.15) is 0 Å². The minimum absolute atomic E-state index is 0.0247. The maximum Gasteiger partial charge on any atom is 0.313 e. The summed E-state index contributed by atoms with van der Waals surface area (Å²) in [5, 5.41) is 14.1. The molecule has 50 heavy (non-hydrogen) atoms. The van der Waals surface area contributed by atoms with Gasteiger partial charge in [0.15, 0.2) is 0 Å². The molecule has 3 amide bonds. The zero-order chi connectivity index (χ0) is 36.2. The molecule has 3 heterocycles. The van der Waals surface area contributed by atoms with Crippen molar-refractivity contribution in [2.75, 3.05) is 24.6 Å². The number of likely N-dealkylation sites (tertiary alicyclic amines) is 1. The van der Waals surface area contributed by atoms with Gasteiger partial charge >= 0.3 is 5.97 Å². The molecule has 5 rings (SSSR count). The molecule has 0 saturated carbocycles. The number of halogens is 2. The highest BCUT2D eigenvalue weighted by Crippen LogP contribution is 2.61. The fourth-order valence-electron chi connectivity index (χ4n) is 7.65. The summed E-state index contributed by atoms with van der Waals surface area (Å²) in [5.74, 6) is -3.99. The number of carbonyl (C=O) groups is 4. The van der Waals surface area contributed by atoms with Crippen molar-refractivity contribution < 1.29 is 33.8 Å². The van der Waals surface area contributed by atoms with Crippen LogP contribution < -0.4 is 10.2 Å². The minimum Gasteiger partial charge on any atom is -0.455 e. The lowest BCUT2D eigenvalue weighted by Gasteiger charge is -2.41. The Morgan fingerprint density at radius 3 is 2.50 bits per heavy atom. The number of carbonyl (C=O) groups excluding carboxylic acids is 4. The van der Waals surface area contributed by atoms with Crippen LogP contribution in [-0.4, -0.2) is 82.0 Å². The van der Waals surface area contributed by atoms with Gasteiger partial charge in [-0.3, -0.25) is 19.2 Å². The molecule has 2 bridgehead atoms. The predicted octanol–water partition coefficient (Wildman–Crippen LogP) is 5.38. The summed E-state index contributed by atoms with van der Waals surface area (Å²) in [5.41, 5.74) is -0.160. The number of ether oxygens (including phenoxy) is 2. The van der Waals surface area contributed by atoms with Crippen molar-refractivity contribution in [1.82, 2.24) is 10.2 Å². The zero-order valence-electron chi connectivity index (χ0n) is 28.4. The maximum absolute atomic E-state index is 14.9. The van der Waals surface area contributed by atoms with E-state index in [0.29, 0.717) is 29.1 Å². The fraction of sp³-hybridized carbons (Fsp3) is 0.474. The lowest BCUT2D eigenvalue weighted by Crippen LogP contribution is -2.60. The molecule has 0 radical (unpaired) electrons. The van der Waals surface area contributed by atoms with Crippen molar-refractivity contribution in [3.63, 3.8) is 0 Å². The van der Waals surface area contributed by atoms with E-state index in [9.17, 15) is 24.3 Å². The number of aliphatic hydroxyl groups excluding tert-OH is 1.